The van der Waals surface area contributed by atoms with Crippen LogP contribution in [-0.2, 0) is 9.47 Å². The maximum Gasteiger partial charge on any atom is 0.229 e. The van der Waals surface area contributed by atoms with Crippen molar-refractivity contribution in [1.29, 1.82) is 0 Å². The van der Waals surface area contributed by atoms with Crippen LogP contribution < -0.4 is 20.0 Å². The predicted octanol–water partition coefficient (Wildman–Crippen LogP) is 1.44. The molecule has 8 nitrogen and oxygen atoms in total. The van der Waals surface area contributed by atoms with Crippen molar-refractivity contribution < 1.29 is 13.9 Å². The van der Waals surface area contributed by atoms with Gasteiger partial charge in [-0.1, -0.05) is 30.3 Å². The molecule has 9 heteroatoms. The third-order valence-corrected chi connectivity index (χ3v) is 6.09. The lowest BCUT2D eigenvalue weighted by Gasteiger charge is -2.37. The second-order valence-corrected chi connectivity index (χ2v) is 8.05. The Morgan fingerprint density at radius 1 is 0.806 bits per heavy atom. The number of nitrogens with one attached hydrogen (secondary N) is 1. The van der Waals surface area contributed by atoms with Crippen molar-refractivity contribution in [2.24, 2.45) is 0 Å². The van der Waals surface area contributed by atoms with Gasteiger partial charge in [-0.2, -0.15) is 14.4 Å². The zero-order valence-corrected chi connectivity index (χ0v) is 17.7. The summed E-state index contributed by atoms with van der Waals surface area (Å²) < 4.78 is 26.8. The minimum atomic E-state index is -0.340. The molecule has 1 aromatic heterocycles. The second kappa shape index (κ2) is 9.33. The van der Waals surface area contributed by atoms with Gasteiger partial charge >= 0.3 is 0 Å². The average molecular weight is 429 g/mol. The van der Waals surface area contributed by atoms with E-state index >= 15 is 4.39 Å². The third kappa shape index (κ3) is 4.44. The van der Waals surface area contributed by atoms with Crippen LogP contribution in [0.25, 0.3) is 0 Å². The summed E-state index contributed by atoms with van der Waals surface area (Å²) in [6, 6.07) is 10.4. The Bertz CT molecular complexity index is 874. The van der Waals surface area contributed by atoms with Crippen LogP contribution in [0.2, 0.25) is 0 Å². The summed E-state index contributed by atoms with van der Waals surface area (Å²) in [4.78, 5) is 15.5. The molecule has 1 N–H and O–H groups in total. The number of anilines is 3. The molecule has 3 aliphatic heterocycles. The summed E-state index contributed by atoms with van der Waals surface area (Å²) in [5.41, 5.74) is 1.20. The second-order valence-electron chi connectivity index (χ2n) is 8.05. The molecule has 0 spiro atoms. The largest absolute Gasteiger partial charge is 0.378 e. The number of aromatic nitrogens is 2. The molecule has 1 aromatic carbocycles. The molecule has 3 fully saturated rings. The first kappa shape index (κ1) is 20.4. The number of ether oxygens (including phenoxy) is 2. The summed E-state index contributed by atoms with van der Waals surface area (Å²) in [7, 11) is 0. The van der Waals surface area contributed by atoms with Crippen molar-refractivity contribution in [3.8, 4) is 0 Å². The lowest BCUT2D eigenvalue weighted by atomic mass is 10.0. The fourth-order valence-corrected chi connectivity index (χ4v) is 4.36. The first-order valence-corrected chi connectivity index (χ1v) is 11.1. The number of benzene rings is 1. The van der Waals surface area contributed by atoms with Crippen molar-refractivity contribution in [2.75, 3.05) is 86.9 Å². The van der Waals surface area contributed by atoms with Gasteiger partial charge in [-0.05, 0) is 5.56 Å². The van der Waals surface area contributed by atoms with E-state index in [2.05, 4.69) is 32.2 Å². The molecule has 0 amide bonds. The Balaban J connectivity index is 1.48. The lowest BCUT2D eigenvalue weighted by Crippen LogP contribution is -2.47. The molecule has 1 atom stereocenters. The zero-order chi connectivity index (χ0) is 21.0. The van der Waals surface area contributed by atoms with E-state index in [0.29, 0.717) is 83.3 Å². The highest BCUT2D eigenvalue weighted by molar-refractivity contribution is 5.58. The Hall–Kier alpha value is -2.49. The topological polar surface area (TPSA) is 66.0 Å². The minimum Gasteiger partial charge on any atom is -0.378 e. The summed E-state index contributed by atoms with van der Waals surface area (Å²) >= 11 is 0. The van der Waals surface area contributed by atoms with Crippen LogP contribution >= 0.6 is 0 Å². The maximum absolute atomic E-state index is 15.8. The maximum atomic E-state index is 15.8. The van der Waals surface area contributed by atoms with Gasteiger partial charge in [-0.15, -0.1) is 0 Å². The highest BCUT2D eigenvalue weighted by Gasteiger charge is 2.29. The lowest BCUT2D eigenvalue weighted by molar-refractivity contribution is 0.121. The van der Waals surface area contributed by atoms with E-state index in [1.807, 2.05) is 23.1 Å². The van der Waals surface area contributed by atoms with Crippen molar-refractivity contribution in [2.45, 2.75) is 6.04 Å². The summed E-state index contributed by atoms with van der Waals surface area (Å²) in [6.45, 7) is 7.22. The van der Waals surface area contributed by atoms with Crippen LogP contribution in [0.3, 0.4) is 0 Å². The third-order valence-electron chi connectivity index (χ3n) is 6.09. The molecule has 5 rings (SSSR count). The number of piperazine rings is 1. The first-order valence-electron chi connectivity index (χ1n) is 11.1. The Morgan fingerprint density at radius 2 is 1.42 bits per heavy atom. The summed E-state index contributed by atoms with van der Waals surface area (Å²) in [5, 5.41) is 3.55. The smallest absolute Gasteiger partial charge is 0.229 e. The van der Waals surface area contributed by atoms with Crippen LogP contribution in [0.15, 0.2) is 30.3 Å². The average Bonchev–Trinajstić information content (AvgIpc) is 2.86. The molecular formula is C22H29FN6O2. The SMILES string of the molecule is Fc1c(N2CCOCC2)nc(N2CCOCC2)nc1N1CCNC(c2ccccc2)C1. The summed E-state index contributed by atoms with van der Waals surface area (Å²) in [6.07, 6.45) is 0. The van der Waals surface area contributed by atoms with E-state index in [9.17, 15) is 0 Å². The molecule has 2 aromatic rings. The highest BCUT2D eigenvalue weighted by atomic mass is 19.1. The van der Waals surface area contributed by atoms with Crippen LogP contribution in [-0.4, -0.2) is 82.2 Å². The van der Waals surface area contributed by atoms with Gasteiger partial charge in [0, 0.05) is 51.9 Å². The van der Waals surface area contributed by atoms with Crippen LogP contribution in [0.4, 0.5) is 22.0 Å². The molecule has 4 heterocycles. The van der Waals surface area contributed by atoms with Crippen LogP contribution in [0.5, 0.6) is 0 Å². The van der Waals surface area contributed by atoms with Gasteiger partial charge in [0.15, 0.2) is 11.6 Å². The van der Waals surface area contributed by atoms with Crippen LogP contribution in [0, 0.1) is 5.82 Å². The van der Waals surface area contributed by atoms with Gasteiger partial charge in [0.05, 0.1) is 26.4 Å². The molecule has 0 saturated carbocycles. The minimum absolute atomic E-state index is 0.128. The molecule has 1 unspecified atom stereocenters. The molecule has 166 valence electrons. The van der Waals surface area contributed by atoms with E-state index < -0.39 is 0 Å². The van der Waals surface area contributed by atoms with Gasteiger partial charge in [0.25, 0.3) is 0 Å². The van der Waals surface area contributed by atoms with Gasteiger partial charge in [-0.25, -0.2) is 0 Å². The van der Waals surface area contributed by atoms with Crippen LogP contribution in [0.1, 0.15) is 11.6 Å². The van der Waals surface area contributed by atoms with Gasteiger partial charge in [-0.3, -0.25) is 0 Å². The van der Waals surface area contributed by atoms with Crippen molar-refractivity contribution in [1.82, 2.24) is 15.3 Å². The van der Waals surface area contributed by atoms with Crippen molar-refractivity contribution in [3.05, 3.63) is 41.7 Å². The summed E-state index contributed by atoms with van der Waals surface area (Å²) in [5.74, 6) is 1.01. The van der Waals surface area contributed by atoms with Crippen molar-refractivity contribution >= 4 is 17.6 Å². The highest BCUT2D eigenvalue weighted by Crippen LogP contribution is 2.31. The standard InChI is InChI=1S/C22H29FN6O2/c23-19-20(27-8-12-30-13-9-27)25-22(28-10-14-31-15-11-28)26-21(19)29-7-6-24-18(16-29)17-4-2-1-3-5-17/h1-5,18,24H,6-16H2. The number of nitrogens with zero attached hydrogens (tertiary/aromatic N) is 5. The molecule has 3 saturated heterocycles. The molecule has 31 heavy (non-hydrogen) atoms. The van der Waals surface area contributed by atoms with E-state index in [4.69, 9.17) is 14.5 Å². The molecule has 3 aliphatic rings. The fraction of sp³-hybridized carbons (Fsp3) is 0.545. The normalized spacial score (nSPS) is 22.6. The van der Waals surface area contributed by atoms with E-state index in [1.54, 1.807) is 0 Å². The van der Waals surface area contributed by atoms with Gasteiger partial charge in [0.1, 0.15) is 0 Å². The molecule has 0 radical (unpaired) electrons. The van der Waals surface area contributed by atoms with Gasteiger partial charge < -0.3 is 29.5 Å². The first-order chi connectivity index (χ1) is 15.3. The number of rotatable bonds is 4. The molecule has 0 bridgehead atoms. The molecule has 0 aliphatic carbocycles. The van der Waals surface area contributed by atoms with E-state index in [0.717, 1.165) is 6.54 Å². The fourth-order valence-electron chi connectivity index (χ4n) is 4.36. The van der Waals surface area contributed by atoms with E-state index in [-0.39, 0.29) is 11.9 Å². The van der Waals surface area contributed by atoms with E-state index in [1.165, 1.54) is 5.56 Å². The Labute approximate surface area is 182 Å². The quantitative estimate of drug-likeness (QED) is 0.785. The Morgan fingerprint density at radius 3 is 2.10 bits per heavy atom. The number of hydrogen-bond donors (Lipinski definition) is 1. The Kier molecular flexibility index (Phi) is 6.15. The van der Waals surface area contributed by atoms with Crippen molar-refractivity contribution in [3.63, 3.8) is 0 Å². The number of hydrogen-bond acceptors (Lipinski definition) is 8. The molecular weight excluding hydrogens is 399 g/mol. The van der Waals surface area contributed by atoms with Gasteiger partial charge in [0.2, 0.25) is 11.8 Å². The number of halogens is 1. The zero-order valence-electron chi connectivity index (χ0n) is 17.7. The predicted molar refractivity (Wildman–Crippen MR) is 117 cm³/mol. The number of morpholine rings is 2. The monoisotopic (exact) mass is 428 g/mol.